The minimum atomic E-state index is -0.521. The first-order valence-corrected chi connectivity index (χ1v) is 7.47. The summed E-state index contributed by atoms with van der Waals surface area (Å²) in [5.41, 5.74) is 1.31. The van der Waals surface area contributed by atoms with Crippen molar-refractivity contribution < 1.29 is 14.6 Å². The number of hydrogen-bond donors (Lipinski definition) is 1. The maximum absolute atomic E-state index is 10.2. The zero-order valence-corrected chi connectivity index (χ0v) is 11.9. The molecule has 20 heavy (non-hydrogen) atoms. The Morgan fingerprint density at radius 3 is 2.90 bits per heavy atom. The Balaban J connectivity index is 1.68. The van der Waals surface area contributed by atoms with Crippen LogP contribution in [0.25, 0.3) is 0 Å². The zero-order chi connectivity index (χ0) is 13.9. The highest BCUT2D eigenvalue weighted by molar-refractivity contribution is 5.15. The van der Waals surface area contributed by atoms with E-state index in [1.165, 1.54) is 12.0 Å². The van der Waals surface area contributed by atoms with Gasteiger partial charge >= 0.3 is 0 Å². The third-order valence-electron chi connectivity index (χ3n) is 4.25. The number of aliphatic hydroxyl groups excluding tert-OH is 1. The monoisotopic (exact) mass is 277 g/mol. The van der Waals surface area contributed by atoms with E-state index in [2.05, 4.69) is 29.2 Å². The molecule has 0 bridgehead atoms. The summed E-state index contributed by atoms with van der Waals surface area (Å²) in [5, 5.41) is 10.2. The van der Waals surface area contributed by atoms with Crippen molar-refractivity contribution in [3.8, 4) is 0 Å². The number of ether oxygens (including phenoxy) is 2. The number of aliphatic hydroxyl groups is 1. The maximum Gasteiger partial charge on any atom is 0.155 e. The van der Waals surface area contributed by atoms with Crippen molar-refractivity contribution >= 4 is 0 Å². The molecule has 2 heterocycles. The molecule has 0 radical (unpaired) electrons. The fourth-order valence-electron chi connectivity index (χ4n) is 3.27. The summed E-state index contributed by atoms with van der Waals surface area (Å²) in [5.74, 6) is 0. The van der Waals surface area contributed by atoms with E-state index in [9.17, 15) is 5.11 Å². The van der Waals surface area contributed by atoms with Crippen LogP contribution in [-0.2, 0) is 16.0 Å². The lowest BCUT2D eigenvalue weighted by atomic mass is 10.0. The number of likely N-dealkylation sites (tertiary alicyclic amines) is 1. The van der Waals surface area contributed by atoms with Crippen LogP contribution in [0.15, 0.2) is 30.3 Å². The molecule has 0 amide bonds. The van der Waals surface area contributed by atoms with Crippen LogP contribution >= 0.6 is 0 Å². The summed E-state index contributed by atoms with van der Waals surface area (Å²) >= 11 is 0. The molecule has 2 aliphatic rings. The van der Waals surface area contributed by atoms with Crippen molar-refractivity contribution in [2.24, 2.45) is 0 Å². The van der Waals surface area contributed by atoms with Crippen LogP contribution in [0, 0.1) is 0 Å². The van der Waals surface area contributed by atoms with Crippen LogP contribution in [0.2, 0.25) is 0 Å². The first-order valence-electron chi connectivity index (χ1n) is 7.47. The lowest BCUT2D eigenvalue weighted by Gasteiger charge is -2.39. The van der Waals surface area contributed by atoms with Gasteiger partial charge in [0.05, 0.1) is 6.61 Å². The minimum absolute atomic E-state index is 0.134. The van der Waals surface area contributed by atoms with Gasteiger partial charge in [0.2, 0.25) is 0 Å². The van der Waals surface area contributed by atoms with E-state index in [1.807, 2.05) is 13.0 Å². The molecule has 4 nitrogen and oxygen atoms in total. The lowest BCUT2D eigenvalue weighted by molar-refractivity contribution is -0.256. The third kappa shape index (κ3) is 3.04. The van der Waals surface area contributed by atoms with Crippen molar-refractivity contribution in [1.82, 2.24) is 4.90 Å². The molecule has 4 heteroatoms. The van der Waals surface area contributed by atoms with E-state index in [0.717, 1.165) is 19.5 Å². The molecule has 2 aliphatic heterocycles. The molecule has 1 N–H and O–H groups in total. The molecule has 3 rings (SSSR count). The number of nitrogens with zero attached hydrogens (tertiary/aromatic N) is 1. The Bertz CT molecular complexity index is 425. The van der Waals surface area contributed by atoms with Crippen LogP contribution in [-0.4, -0.2) is 47.7 Å². The molecular weight excluding hydrogens is 254 g/mol. The SMILES string of the molecule is C[C@H]1OC[C@@H](O)[C@@H]([C@H]2CCCN2Cc2ccccc2)O1. The minimum Gasteiger partial charge on any atom is -0.388 e. The summed E-state index contributed by atoms with van der Waals surface area (Å²) in [6, 6.07) is 10.8. The van der Waals surface area contributed by atoms with Crippen molar-refractivity contribution in [2.45, 2.75) is 50.8 Å². The van der Waals surface area contributed by atoms with E-state index < -0.39 is 6.10 Å². The summed E-state index contributed by atoms with van der Waals surface area (Å²) in [7, 11) is 0. The maximum atomic E-state index is 10.2. The third-order valence-corrected chi connectivity index (χ3v) is 4.25. The summed E-state index contributed by atoms with van der Waals surface area (Å²) in [6.07, 6.45) is 1.38. The molecular formula is C16H23NO3. The number of hydrogen-bond acceptors (Lipinski definition) is 4. The summed E-state index contributed by atoms with van der Waals surface area (Å²) in [4.78, 5) is 2.43. The van der Waals surface area contributed by atoms with Gasteiger partial charge in [0, 0.05) is 12.6 Å². The topological polar surface area (TPSA) is 41.9 Å². The van der Waals surface area contributed by atoms with Gasteiger partial charge in [0.25, 0.3) is 0 Å². The predicted octanol–water partition coefficient (Wildman–Crippen LogP) is 1.77. The van der Waals surface area contributed by atoms with Gasteiger partial charge in [0.15, 0.2) is 6.29 Å². The number of benzene rings is 1. The standard InChI is InChI=1S/C16H23NO3/c1-12-19-11-15(18)16(20-12)14-8-5-9-17(14)10-13-6-3-2-4-7-13/h2-4,6-7,12,14-16,18H,5,8-11H2,1H3/t12-,14+,15+,16+/m0/s1. The Morgan fingerprint density at radius 1 is 1.30 bits per heavy atom. The highest BCUT2D eigenvalue weighted by Gasteiger charge is 2.40. The summed E-state index contributed by atoms with van der Waals surface area (Å²) < 4.78 is 11.2. The Hall–Kier alpha value is -0.940. The predicted molar refractivity (Wildman–Crippen MR) is 76.2 cm³/mol. The number of rotatable bonds is 3. The highest BCUT2D eigenvalue weighted by atomic mass is 16.7. The van der Waals surface area contributed by atoms with Crippen molar-refractivity contribution in [2.75, 3.05) is 13.2 Å². The zero-order valence-electron chi connectivity index (χ0n) is 11.9. The molecule has 0 aliphatic carbocycles. The average molecular weight is 277 g/mol. The van der Waals surface area contributed by atoms with Gasteiger partial charge in [-0.25, -0.2) is 0 Å². The summed E-state index contributed by atoms with van der Waals surface area (Å²) in [6.45, 7) is 4.27. The molecule has 0 aromatic heterocycles. The van der Waals surface area contributed by atoms with Gasteiger partial charge in [-0.2, -0.15) is 0 Å². The normalized spacial score (nSPS) is 35.3. The second-order valence-corrected chi connectivity index (χ2v) is 5.73. The Kier molecular flexibility index (Phi) is 4.36. The lowest BCUT2D eigenvalue weighted by Crippen LogP contribution is -2.52. The Labute approximate surface area is 120 Å². The average Bonchev–Trinajstić information content (AvgIpc) is 2.91. The quantitative estimate of drug-likeness (QED) is 0.914. The van der Waals surface area contributed by atoms with E-state index in [1.54, 1.807) is 0 Å². The van der Waals surface area contributed by atoms with E-state index in [4.69, 9.17) is 9.47 Å². The van der Waals surface area contributed by atoms with Crippen molar-refractivity contribution in [1.29, 1.82) is 0 Å². The van der Waals surface area contributed by atoms with Gasteiger partial charge in [-0.1, -0.05) is 30.3 Å². The molecule has 1 aromatic carbocycles. The second-order valence-electron chi connectivity index (χ2n) is 5.73. The van der Waals surface area contributed by atoms with Gasteiger partial charge in [-0.15, -0.1) is 0 Å². The van der Waals surface area contributed by atoms with E-state index >= 15 is 0 Å². The molecule has 2 fully saturated rings. The molecule has 0 unspecified atom stereocenters. The van der Waals surface area contributed by atoms with Crippen LogP contribution < -0.4 is 0 Å². The molecule has 1 aromatic rings. The van der Waals surface area contributed by atoms with Gasteiger partial charge in [-0.05, 0) is 31.9 Å². The molecule has 0 spiro atoms. The first-order chi connectivity index (χ1) is 9.74. The molecule has 0 saturated carbocycles. The van der Waals surface area contributed by atoms with Crippen molar-refractivity contribution in [3.63, 3.8) is 0 Å². The second kappa shape index (κ2) is 6.22. The Morgan fingerprint density at radius 2 is 2.10 bits per heavy atom. The van der Waals surface area contributed by atoms with E-state index in [0.29, 0.717) is 6.61 Å². The first kappa shape index (κ1) is 14.0. The van der Waals surface area contributed by atoms with Crippen LogP contribution in [0.3, 0.4) is 0 Å². The van der Waals surface area contributed by atoms with Crippen molar-refractivity contribution in [3.05, 3.63) is 35.9 Å². The molecule has 2 saturated heterocycles. The largest absolute Gasteiger partial charge is 0.388 e. The smallest absolute Gasteiger partial charge is 0.155 e. The van der Waals surface area contributed by atoms with Crippen LogP contribution in [0.1, 0.15) is 25.3 Å². The van der Waals surface area contributed by atoms with Crippen LogP contribution in [0.5, 0.6) is 0 Å². The highest BCUT2D eigenvalue weighted by Crippen LogP contribution is 2.28. The fourth-order valence-corrected chi connectivity index (χ4v) is 3.27. The van der Waals surface area contributed by atoms with Crippen LogP contribution in [0.4, 0.5) is 0 Å². The van der Waals surface area contributed by atoms with Gasteiger partial charge in [0.1, 0.15) is 12.2 Å². The van der Waals surface area contributed by atoms with E-state index in [-0.39, 0.29) is 18.4 Å². The molecule has 110 valence electrons. The fraction of sp³-hybridized carbons (Fsp3) is 0.625. The van der Waals surface area contributed by atoms with Gasteiger partial charge in [-0.3, -0.25) is 4.90 Å². The molecule has 4 atom stereocenters. The van der Waals surface area contributed by atoms with Gasteiger partial charge < -0.3 is 14.6 Å².